The molecule has 0 aliphatic carbocycles. The number of pyridine rings is 1. The zero-order chi connectivity index (χ0) is 13.4. The van der Waals surface area contributed by atoms with E-state index in [4.69, 9.17) is 5.73 Å². The van der Waals surface area contributed by atoms with Crippen molar-refractivity contribution in [2.24, 2.45) is 0 Å². The topological polar surface area (TPSA) is 56.7 Å². The second-order valence-electron chi connectivity index (χ2n) is 4.95. The second kappa shape index (κ2) is 4.39. The van der Waals surface area contributed by atoms with Gasteiger partial charge in [0.2, 0.25) is 0 Å². The first-order valence-corrected chi connectivity index (χ1v) is 6.35. The first-order valence-electron chi connectivity index (χ1n) is 6.35. The van der Waals surface area contributed by atoms with Gasteiger partial charge in [-0.2, -0.15) is 5.10 Å². The number of anilines is 1. The molecule has 0 spiro atoms. The number of nitrogen functional groups attached to an aromatic ring is 1. The van der Waals surface area contributed by atoms with Gasteiger partial charge < -0.3 is 5.73 Å². The molecule has 0 amide bonds. The number of rotatable bonds is 2. The fourth-order valence-electron chi connectivity index (χ4n) is 2.13. The van der Waals surface area contributed by atoms with Crippen LogP contribution >= 0.6 is 0 Å². The minimum Gasteiger partial charge on any atom is -0.399 e. The van der Waals surface area contributed by atoms with Gasteiger partial charge in [-0.1, -0.05) is 13.8 Å². The predicted octanol–water partition coefficient (Wildman–Crippen LogP) is 3.13. The molecule has 4 nitrogen and oxygen atoms in total. The highest BCUT2D eigenvalue weighted by Crippen LogP contribution is 2.23. The van der Waals surface area contributed by atoms with Gasteiger partial charge in [0.05, 0.1) is 16.9 Å². The molecule has 96 valence electrons. The summed E-state index contributed by atoms with van der Waals surface area (Å²) in [7, 11) is 0. The summed E-state index contributed by atoms with van der Waals surface area (Å²) in [6.45, 7) is 4.27. The SMILES string of the molecule is CC(C)c1ccn(-c2ccnc3cc(N)ccc23)n1. The van der Waals surface area contributed by atoms with Gasteiger partial charge in [-0.05, 0) is 36.2 Å². The van der Waals surface area contributed by atoms with E-state index >= 15 is 0 Å². The largest absolute Gasteiger partial charge is 0.399 e. The molecule has 0 saturated heterocycles. The smallest absolute Gasteiger partial charge is 0.0755 e. The van der Waals surface area contributed by atoms with Crippen molar-refractivity contribution in [2.75, 3.05) is 5.73 Å². The van der Waals surface area contributed by atoms with Gasteiger partial charge in [0.25, 0.3) is 0 Å². The third-order valence-corrected chi connectivity index (χ3v) is 3.19. The molecule has 4 heteroatoms. The minimum absolute atomic E-state index is 0.421. The van der Waals surface area contributed by atoms with Gasteiger partial charge in [0.1, 0.15) is 0 Å². The maximum atomic E-state index is 5.79. The first kappa shape index (κ1) is 11.7. The molecule has 0 fully saturated rings. The van der Waals surface area contributed by atoms with E-state index in [2.05, 4.69) is 23.9 Å². The number of nitrogens with zero attached hydrogens (tertiary/aromatic N) is 3. The van der Waals surface area contributed by atoms with Crippen molar-refractivity contribution in [2.45, 2.75) is 19.8 Å². The summed E-state index contributed by atoms with van der Waals surface area (Å²) >= 11 is 0. The molecule has 0 aliphatic heterocycles. The van der Waals surface area contributed by atoms with Crippen LogP contribution in [-0.2, 0) is 0 Å². The van der Waals surface area contributed by atoms with Gasteiger partial charge in [0.15, 0.2) is 0 Å². The molecule has 0 radical (unpaired) electrons. The Balaban J connectivity index is 2.18. The summed E-state index contributed by atoms with van der Waals surface area (Å²) in [6.07, 6.45) is 3.77. The average Bonchev–Trinajstić information content (AvgIpc) is 2.87. The third-order valence-electron chi connectivity index (χ3n) is 3.19. The maximum absolute atomic E-state index is 5.79. The Kier molecular flexibility index (Phi) is 2.71. The standard InChI is InChI=1S/C15H16N4/c1-10(2)13-6-8-19(18-13)15-5-7-17-14-9-11(16)3-4-12(14)15/h3-10H,16H2,1-2H3. The van der Waals surface area contributed by atoms with Gasteiger partial charge in [-0.15, -0.1) is 0 Å². The van der Waals surface area contributed by atoms with Crippen molar-refractivity contribution < 1.29 is 0 Å². The number of benzene rings is 1. The summed E-state index contributed by atoms with van der Waals surface area (Å²) in [4.78, 5) is 4.35. The van der Waals surface area contributed by atoms with Crippen molar-refractivity contribution in [3.05, 3.63) is 48.4 Å². The molecule has 0 bridgehead atoms. The Bertz CT molecular complexity index is 728. The van der Waals surface area contributed by atoms with Crippen LogP contribution in [0.15, 0.2) is 42.7 Å². The quantitative estimate of drug-likeness (QED) is 0.713. The maximum Gasteiger partial charge on any atom is 0.0755 e. The lowest BCUT2D eigenvalue weighted by Crippen LogP contribution is -1.99. The number of aromatic nitrogens is 3. The first-order chi connectivity index (χ1) is 9.15. The molecule has 19 heavy (non-hydrogen) atoms. The lowest BCUT2D eigenvalue weighted by molar-refractivity contribution is 0.770. The molecule has 0 unspecified atom stereocenters. The molecule has 2 N–H and O–H groups in total. The van der Waals surface area contributed by atoms with E-state index in [1.165, 1.54) is 0 Å². The van der Waals surface area contributed by atoms with Crippen LogP contribution in [-0.4, -0.2) is 14.8 Å². The van der Waals surface area contributed by atoms with E-state index in [0.29, 0.717) is 5.92 Å². The second-order valence-corrected chi connectivity index (χ2v) is 4.95. The molecule has 2 aromatic heterocycles. The van der Waals surface area contributed by atoms with E-state index in [1.54, 1.807) is 6.20 Å². The van der Waals surface area contributed by atoms with E-state index in [1.807, 2.05) is 41.2 Å². The highest BCUT2D eigenvalue weighted by atomic mass is 15.3. The predicted molar refractivity (Wildman–Crippen MR) is 77.4 cm³/mol. The van der Waals surface area contributed by atoms with Gasteiger partial charge in [0, 0.05) is 23.5 Å². The number of nitrogens with two attached hydrogens (primary N) is 1. The number of hydrogen-bond donors (Lipinski definition) is 1. The van der Waals surface area contributed by atoms with E-state index in [0.717, 1.165) is 28.0 Å². The fourth-order valence-corrected chi connectivity index (χ4v) is 2.13. The van der Waals surface area contributed by atoms with Crippen LogP contribution in [0, 0.1) is 0 Å². The van der Waals surface area contributed by atoms with Crippen molar-refractivity contribution in [3.8, 4) is 5.69 Å². The van der Waals surface area contributed by atoms with Gasteiger partial charge >= 0.3 is 0 Å². The number of hydrogen-bond acceptors (Lipinski definition) is 3. The van der Waals surface area contributed by atoms with Crippen molar-refractivity contribution in [1.29, 1.82) is 0 Å². The van der Waals surface area contributed by atoms with Gasteiger partial charge in [-0.25, -0.2) is 4.68 Å². The monoisotopic (exact) mass is 252 g/mol. The van der Waals surface area contributed by atoms with Gasteiger partial charge in [-0.3, -0.25) is 4.98 Å². The van der Waals surface area contributed by atoms with Crippen LogP contribution in [0.3, 0.4) is 0 Å². The highest BCUT2D eigenvalue weighted by Gasteiger charge is 2.08. The Morgan fingerprint density at radius 3 is 2.74 bits per heavy atom. The molecule has 3 rings (SSSR count). The molecule has 0 atom stereocenters. The summed E-state index contributed by atoms with van der Waals surface area (Å²) < 4.78 is 1.90. The lowest BCUT2D eigenvalue weighted by atomic mass is 10.1. The summed E-state index contributed by atoms with van der Waals surface area (Å²) in [5, 5.41) is 5.66. The molecular weight excluding hydrogens is 236 g/mol. The number of fused-ring (bicyclic) bond motifs is 1. The summed E-state index contributed by atoms with van der Waals surface area (Å²) in [5.41, 5.74) is 9.51. The zero-order valence-electron chi connectivity index (χ0n) is 11.0. The molecule has 1 aromatic carbocycles. The fraction of sp³-hybridized carbons (Fsp3) is 0.200. The third kappa shape index (κ3) is 2.05. The Labute approximate surface area is 111 Å². The lowest BCUT2D eigenvalue weighted by Gasteiger charge is -2.07. The van der Waals surface area contributed by atoms with Crippen LogP contribution in [0.1, 0.15) is 25.5 Å². The summed E-state index contributed by atoms with van der Waals surface area (Å²) in [5.74, 6) is 0.421. The average molecular weight is 252 g/mol. The molecule has 0 aliphatic rings. The van der Waals surface area contributed by atoms with Crippen LogP contribution in [0.4, 0.5) is 5.69 Å². The van der Waals surface area contributed by atoms with Crippen LogP contribution in [0.2, 0.25) is 0 Å². The Hall–Kier alpha value is -2.36. The van der Waals surface area contributed by atoms with E-state index < -0.39 is 0 Å². The molecule has 0 saturated carbocycles. The van der Waals surface area contributed by atoms with Crippen molar-refractivity contribution >= 4 is 16.6 Å². The Morgan fingerprint density at radius 1 is 1.16 bits per heavy atom. The van der Waals surface area contributed by atoms with Crippen molar-refractivity contribution in [3.63, 3.8) is 0 Å². The zero-order valence-corrected chi connectivity index (χ0v) is 11.0. The summed E-state index contributed by atoms with van der Waals surface area (Å²) in [6, 6.07) is 9.78. The molecule has 3 aromatic rings. The normalized spacial score (nSPS) is 11.3. The molecular formula is C15H16N4. The van der Waals surface area contributed by atoms with Crippen LogP contribution in [0.25, 0.3) is 16.6 Å². The van der Waals surface area contributed by atoms with E-state index in [-0.39, 0.29) is 0 Å². The minimum atomic E-state index is 0.421. The highest BCUT2D eigenvalue weighted by molar-refractivity contribution is 5.88. The van der Waals surface area contributed by atoms with E-state index in [9.17, 15) is 0 Å². The van der Waals surface area contributed by atoms with Crippen LogP contribution in [0.5, 0.6) is 0 Å². The Morgan fingerprint density at radius 2 is 2.00 bits per heavy atom. The van der Waals surface area contributed by atoms with Crippen LogP contribution < -0.4 is 5.73 Å². The molecule has 2 heterocycles. The van der Waals surface area contributed by atoms with Crippen molar-refractivity contribution in [1.82, 2.24) is 14.8 Å².